The molecule has 0 atom stereocenters. The zero-order valence-electron chi connectivity index (χ0n) is 9.35. The lowest BCUT2D eigenvalue weighted by atomic mass is 10.1. The molecule has 0 fully saturated rings. The van der Waals surface area contributed by atoms with Crippen LogP contribution >= 0.6 is 15.9 Å². The molecule has 0 spiro atoms. The summed E-state index contributed by atoms with van der Waals surface area (Å²) in [6.07, 6.45) is 1.89. The standard InChI is InChI=1S/C12H18BrNO/c1-3-6-15-12-9(2)7-11(13)8-10(12)4-5-14/h7-8H,3-6,14H2,1-2H3. The van der Waals surface area contributed by atoms with Crippen LogP contribution in [0.4, 0.5) is 0 Å². The lowest BCUT2D eigenvalue weighted by molar-refractivity contribution is 0.312. The Morgan fingerprint density at radius 1 is 1.40 bits per heavy atom. The normalized spacial score (nSPS) is 10.4. The predicted molar refractivity (Wildman–Crippen MR) is 67.4 cm³/mol. The molecule has 2 nitrogen and oxygen atoms in total. The molecular weight excluding hydrogens is 254 g/mol. The smallest absolute Gasteiger partial charge is 0.125 e. The van der Waals surface area contributed by atoms with Crippen molar-refractivity contribution in [2.24, 2.45) is 5.73 Å². The van der Waals surface area contributed by atoms with Crippen molar-refractivity contribution in [1.82, 2.24) is 0 Å². The first kappa shape index (κ1) is 12.5. The third kappa shape index (κ3) is 3.50. The van der Waals surface area contributed by atoms with Crippen LogP contribution in [-0.4, -0.2) is 13.2 Å². The number of hydrogen-bond acceptors (Lipinski definition) is 2. The Morgan fingerprint density at radius 2 is 2.13 bits per heavy atom. The van der Waals surface area contributed by atoms with Gasteiger partial charge in [0.15, 0.2) is 0 Å². The second-order valence-corrected chi connectivity index (χ2v) is 4.51. The monoisotopic (exact) mass is 271 g/mol. The van der Waals surface area contributed by atoms with E-state index in [1.165, 1.54) is 11.1 Å². The first-order chi connectivity index (χ1) is 7.19. The van der Waals surface area contributed by atoms with Gasteiger partial charge in [0.25, 0.3) is 0 Å². The van der Waals surface area contributed by atoms with Gasteiger partial charge in [-0.25, -0.2) is 0 Å². The van der Waals surface area contributed by atoms with Crippen LogP contribution in [0.2, 0.25) is 0 Å². The molecule has 0 aliphatic rings. The number of nitrogens with two attached hydrogens (primary N) is 1. The van der Waals surface area contributed by atoms with E-state index in [2.05, 4.69) is 41.9 Å². The summed E-state index contributed by atoms with van der Waals surface area (Å²) in [6.45, 7) is 5.59. The molecule has 0 amide bonds. The maximum atomic E-state index is 5.75. The van der Waals surface area contributed by atoms with Crippen LogP contribution in [0.3, 0.4) is 0 Å². The summed E-state index contributed by atoms with van der Waals surface area (Å²) in [5.74, 6) is 1.01. The Labute approximate surface area is 99.9 Å². The molecule has 3 heteroatoms. The lowest BCUT2D eigenvalue weighted by Crippen LogP contribution is -2.07. The molecule has 15 heavy (non-hydrogen) atoms. The van der Waals surface area contributed by atoms with E-state index in [0.717, 1.165) is 29.7 Å². The molecule has 84 valence electrons. The van der Waals surface area contributed by atoms with Gasteiger partial charge in [-0.3, -0.25) is 0 Å². The molecule has 0 radical (unpaired) electrons. The Morgan fingerprint density at radius 3 is 2.73 bits per heavy atom. The van der Waals surface area contributed by atoms with E-state index in [0.29, 0.717) is 6.54 Å². The van der Waals surface area contributed by atoms with Crippen LogP contribution in [0.15, 0.2) is 16.6 Å². The van der Waals surface area contributed by atoms with Crippen LogP contribution in [0, 0.1) is 6.92 Å². The molecule has 1 aromatic rings. The highest BCUT2D eigenvalue weighted by atomic mass is 79.9. The maximum absolute atomic E-state index is 5.75. The number of aryl methyl sites for hydroxylation is 1. The second-order valence-electron chi connectivity index (χ2n) is 3.60. The highest BCUT2D eigenvalue weighted by Gasteiger charge is 2.08. The number of ether oxygens (including phenoxy) is 1. The van der Waals surface area contributed by atoms with Crippen molar-refractivity contribution in [1.29, 1.82) is 0 Å². The molecule has 0 aliphatic carbocycles. The molecule has 0 aromatic heterocycles. The quantitative estimate of drug-likeness (QED) is 0.894. The fourth-order valence-corrected chi connectivity index (χ4v) is 2.17. The number of hydrogen-bond donors (Lipinski definition) is 1. The van der Waals surface area contributed by atoms with Gasteiger partial charge >= 0.3 is 0 Å². The molecule has 0 bridgehead atoms. The van der Waals surface area contributed by atoms with Crippen LogP contribution in [0.5, 0.6) is 5.75 Å². The van der Waals surface area contributed by atoms with E-state index in [4.69, 9.17) is 10.5 Å². The van der Waals surface area contributed by atoms with Crippen molar-refractivity contribution in [3.05, 3.63) is 27.7 Å². The average molecular weight is 272 g/mol. The van der Waals surface area contributed by atoms with Gasteiger partial charge in [-0.2, -0.15) is 0 Å². The summed E-state index contributed by atoms with van der Waals surface area (Å²) in [5.41, 5.74) is 7.95. The third-order valence-electron chi connectivity index (χ3n) is 2.18. The van der Waals surface area contributed by atoms with Gasteiger partial charge in [0.2, 0.25) is 0 Å². The van der Waals surface area contributed by atoms with Crippen LogP contribution in [0.1, 0.15) is 24.5 Å². The molecule has 0 unspecified atom stereocenters. The Hall–Kier alpha value is -0.540. The van der Waals surface area contributed by atoms with Crippen molar-refractivity contribution in [2.75, 3.05) is 13.2 Å². The van der Waals surface area contributed by atoms with Gasteiger partial charge in [-0.05, 0) is 49.6 Å². The van der Waals surface area contributed by atoms with Gasteiger partial charge in [0, 0.05) is 4.47 Å². The van der Waals surface area contributed by atoms with E-state index < -0.39 is 0 Å². The van der Waals surface area contributed by atoms with E-state index in [1.54, 1.807) is 0 Å². The van der Waals surface area contributed by atoms with Crippen LogP contribution in [0.25, 0.3) is 0 Å². The van der Waals surface area contributed by atoms with Crippen LogP contribution in [-0.2, 0) is 6.42 Å². The first-order valence-corrected chi connectivity index (χ1v) is 6.10. The van der Waals surface area contributed by atoms with Crippen molar-refractivity contribution in [3.8, 4) is 5.75 Å². The summed E-state index contributed by atoms with van der Waals surface area (Å²) in [7, 11) is 0. The highest BCUT2D eigenvalue weighted by molar-refractivity contribution is 9.10. The molecule has 1 aromatic carbocycles. The minimum atomic E-state index is 0.651. The summed E-state index contributed by atoms with van der Waals surface area (Å²) in [6, 6.07) is 4.16. The molecular formula is C12H18BrNO. The van der Waals surface area contributed by atoms with E-state index in [9.17, 15) is 0 Å². The minimum absolute atomic E-state index is 0.651. The average Bonchev–Trinajstić information content (AvgIpc) is 2.17. The van der Waals surface area contributed by atoms with Gasteiger partial charge in [0.1, 0.15) is 5.75 Å². The van der Waals surface area contributed by atoms with E-state index in [-0.39, 0.29) is 0 Å². The Bertz CT molecular complexity index is 326. The fourth-order valence-electron chi connectivity index (χ4n) is 1.55. The minimum Gasteiger partial charge on any atom is -0.493 e. The second kappa shape index (κ2) is 6.13. The van der Waals surface area contributed by atoms with E-state index in [1.807, 2.05) is 0 Å². The SMILES string of the molecule is CCCOc1c(C)cc(Br)cc1CCN. The van der Waals surface area contributed by atoms with E-state index >= 15 is 0 Å². The van der Waals surface area contributed by atoms with Crippen molar-refractivity contribution >= 4 is 15.9 Å². The zero-order chi connectivity index (χ0) is 11.3. The summed E-state index contributed by atoms with van der Waals surface area (Å²) in [4.78, 5) is 0. The predicted octanol–water partition coefficient (Wildman–Crippen LogP) is 3.05. The molecule has 0 saturated heterocycles. The van der Waals surface area contributed by atoms with Gasteiger partial charge in [-0.15, -0.1) is 0 Å². The van der Waals surface area contributed by atoms with Gasteiger partial charge < -0.3 is 10.5 Å². The number of halogens is 1. The van der Waals surface area contributed by atoms with Crippen molar-refractivity contribution < 1.29 is 4.74 Å². The number of rotatable bonds is 5. The highest BCUT2D eigenvalue weighted by Crippen LogP contribution is 2.28. The summed E-state index contributed by atoms with van der Waals surface area (Å²) >= 11 is 3.49. The fraction of sp³-hybridized carbons (Fsp3) is 0.500. The summed E-state index contributed by atoms with van der Waals surface area (Å²) in [5, 5.41) is 0. The Balaban J connectivity index is 2.97. The summed E-state index contributed by atoms with van der Waals surface area (Å²) < 4.78 is 6.84. The Kier molecular flexibility index (Phi) is 5.12. The largest absolute Gasteiger partial charge is 0.493 e. The van der Waals surface area contributed by atoms with Gasteiger partial charge in [0.05, 0.1) is 6.61 Å². The number of benzene rings is 1. The van der Waals surface area contributed by atoms with Gasteiger partial charge in [-0.1, -0.05) is 22.9 Å². The topological polar surface area (TPSA) is 35.2 Å². The first-order valence-electron chi connectivity index (χ1n) is 5.31. The molecule has 0 heterocycles. The van der Waals surface area contributed by atoms with Crippen molar-refractivity contribution in [2.45, 2.75) is 26.7 Å². The lowest BCUT2D eigenvalue weighted by Gasteiger charge is -2.14. The molecule has 0 aliphatic heterocycles. The van der Waals surface area contributed by atoms with Crippen molar-refractivity contribution in [3.63, 3.8) is 0 Å². The zero-order valence-corrected chi connectivity index (χ0v) is 10.9. The molecule has 1 rings (SSSR count). The van der Waals surface area contributed by atoms with Crippen LogP contribution < -0.4 is 10.5 Å². The molecule has 2 N–H and O–H groups in total. The third-order valence-corrected chi connectivity index (χ3v) is 2.64. The molecule has 0 saturated carbocycles. The maximum Gasteiger partial charge on any atom is 0.125 e.